The lowest BCUT2D eigenvalue weighted by Crippen LogP contribution is -2.49. The summed E-state index contributed by atoms with van der Waals surface area (Å²) in [5, 5.41) is 0. The zero-order chi connectivity index (χ0) is 20.5. The third-order valence-corrected chi connectivity index (χ3v) is 5.06. The van der Waals surface area contributed by atoms with Crippen LogP contribution in [-0.2, 0) is 27.2 Å². The minimum Gasteiger partial charge on any atom is -0.383 e. The summed E-state index contributed by atoms with van der Waals surface area (Å²) in [6, 6.07) is 16.4. The average Bonchev–Trinajstić information content (AvgIpc) is 2.72. The Morgan fingerprint density at radius 3 is 2.76 bits per heavy atom. The standard InChI is InChI=1S/C23H29FN2O3/c1-28-12-11-26(23(27)15-19-6-3-2-4-7-19)18-22-17-25(10-13-29-22)16-20-8-5-9-21(24)14-20/h2-9,14,22H,10-13,15-18H2,1H3. The van der Waals surface area contributed by atoms with Crippen LogP contribution in [0.5, 0.6) is 0 Å². The van der Waals surface area contributed by atoms with Gasteiger partial charge in [-0.3, -0.25) is 9.69 Å². The molecule has 2 aromatic carbocycles. The molecular formula is C23H29FN2O3. The Morgan fingerprint density at radius 1 is 1.21 bits per heavy atom. The zero-order valence-electron chi connectivity index (χ0n) is 16.9. The molecule has 1 fully saturated rings. The maximum atomic E-state index is 13.5. The lowest BCUT2D eigenvalue weighted by Gasteiger charge is -2.36. The second kappa shape index (κ2) is 11.0. The molecule has 156 valence electrons. The van der Waals surface area contributed by atoms with Gasteiger partial charge in [0.05, 0.1) is 25.7 Å². The van der Waals surface area contributed by atoms with E-state index in [-0.39, 0.29) is 17.8 Å². The summed E-state index contributed by atoms with van der Waals surface area (Å²) in [4.78, 5) is 16.9. The van der Waals surface area contributed by atoms with Crippen LogP contribution in [0.2, 0.25) is 0 Å². The molecule has 3 rings (SSSR count). The number of rotatable bonds is 9. The second-order valence-corrected chi connectivity index (χ2v) is 7.35. The molecule has 1 aliphatic rings. The fraction of sp³-hybridized carbons (Fsp3) is 0.435. The zero-order valence-corrected chi connectivity index (χ0v) is 16.9. The second-order valence-electron chi connectivity index (χ2n) is 7.35. The summed E-state index contributed by atoms with van der Waals surface area (Å²) in [6.45, 7) is 4.32. The van der Waals surface area contributed by atoms with Crippen LogP contribution in [0.4, 0.5) is 4.39 Å². The van der Waals surface area contributed by atoms with E-state index in [0.29, 0.717) is 45.8 Å². The Kier molecular flexibility index (Phi) is 8.16. The normalized spacial score (nSPS) is 17.2. The molecule has 1 unspecified atom stereocenters. The van der Waals surface area contributed by atoms with Crippen molar-refractivity contribution in [3.05, 3.63) is 71.5 Å². The van der Waals surface area contributed by atoms with E-state index in [2.05, 4.69) is 4.90 Å². The van der Waals surface area contributed by atoms with Crippen LogP contribution < -0.4 is 0 Å². The van der Waals surface area contributed by atoms with Crippen LogP contribution in [-0.4, -0.2) is 68.3 Å². The van der Waals surface area contributed by atoms with Gasteiger partial charge in [-0.2, -0.15) is 0 Å². The molecule has 0 bridgehead atoms. The van der Waals surface area contributed by atoms with Crippen molar-refractivity contribution in [2.45, 2.75) is 19.1 Å². The van der Waals surface area contributed by atoms with Crippen LogP contribution in [0.1, 0.15) is 11.1 Å². The van der Waals surface area contributed by atoms with Crippen molar-refractivity contribution in [3.63, 3.8) is 0 Å². The highest BCUT2D eigenvalue weighted by Crippen LogP contribution is 2.13. The number of methoxy groups -OCH3 is 1. The van der Waals surface area contributed by atoms with Crippen molar-refractivity contribution in [3.8, 4) is 0 Å². The molecule has 1 aliphatic heterocycles. The fourth-order valence-electron chi connectivity index (χ4n) is 3.58. The predicted octanol–water partition coefficient (Wildman–Crippen LogP) is 2.74. The molecule has 0 N–H and O–H groups in total. The molecule has 1 saturated heterocycles. The molecular weight excluding hydrogens is 371 g/mol. The van der Waals surface area contributed by atoms with Crippen molar-refractivity contribution < 1.29 is 18.7 Å². The molecule has 0 aliphatic carbocycles. The van der Waals surface area contributed by atoms with Crippen LogP contribution in [0.15, 0.2) is 54.6 Å². The van der Waals surface area contributed by atoms with Gasteiger partial charge in [-0.15, -0.1) is 0 Å². The van der Waals surface area contributed by atoms with E-state index >= 15 is 0 Å². The van der Waals surface area contributed by atoms with E-state index in [1.165, 1.54) is 6.07 Å². The van der Waals surface area contributed by atoms with E-state index in [4.69, 9.17) is 9.47 Å². The first-order chi connectivity index (χ1) is 14.1. The van der Waals surface area contributed by atoms with Crippen molar-refractivity contribution in [2.75, 3.05) is 46.5 Å². The third-order valence-electron chi connectivity index (χ3n) is 5.06. The fourth-order valence-corrected chi connectivity index (χ4v) is 3.58. The number of halogens is 1. The molecule has 2 aromatic rings. The molecule has 0 radical (unpaired) electrons. The van der Waals surface area contributed by atoms with Gasteiger partial charge in [0.25, 0.3) is 0 Å². The van der Waals surface area contributed by atoms with E-state index in [0.717, 1.165) is 17.7 Å². The number of carbonyl (C=O) groups is 1. The number of nitrogens with zero attached hydrogens (tertiary/aromatic N) is 2. The summed E-state index contributed by atoms with van der Waals surface area (Å²) in [5.74, 6) is -0.149. The van der Waals surface area contributed by atoms with Gasteiger partial charge in [0.2, 0.25) is 5.91 Å². The molecule has 1 amide bonds. The van der Waals surface area contributed by atoms with Crippen molar-refractivity contribution in [1.29, 1.82) is 0 Å². The number of morpholine rings is 1. The van der Waals surface area contributed by atoms with Crippen LogP contribution in [0, 0.1) is 5.82 Å². The van der Waals surface area contributed by atoms with Crippen molar-refractivity contribution in [2.24, 2.45) is 0 Å². The van der Waals surface area contributed by atoms with E-state index in [1.807, 2.05) is 41.3 Å². The third kappa shape index (κ3) is 6.92. The Morgan fingerprint density at radius 2 is 2.00 bits per heavy atom. The predicted molar refractivity (Wildman–Crippen MR) is 110 cm³/mol. The molecule has 29 heavy (non-hydrogen) atoms. The number of amides is 1. The van der Waals surface area contributed by atoms with E-state index in [9.17, 15) is 9.18 Å². The summed E-state index contributed by atoms with van der Waals surface area (Å²) in [7, 11) is 1.64. The summed E-state index contributed by atoms with van der Waals surface area (Å²) in [5.41, 5.74) is 1.94. The highest BCUT2D eigenvalue weighted by atomic mass is 19.1. The number of hydrogen-bond acceptors (Lipinski definition) is 4. The summed E-state index contributed by atoms with van der Waals surface area (Å²) >= 11 is 0. The number of benzene rings is 2. The SMILES string of the molecule is COCCN(CC1CN(Cc2cccc(F)c2)CCO1)C(=O)Cc1ccccc1. The minimum absolute atomic E-state index is 0.0686. The number of carbonyl (C=O) groups excluding carboxylic acids is 1. The van der Waals surface area contributed by atoms with Gasteiger partial charge in [0.1, 0.15) is 5.82 Å². The van der Waals surface area contributed by atoms with Gasteiger partial charge in [-0.05, 0) is 23.3 Å². The molecule has 0 saturated carbocycles. The summed E-state index contributed by atoms with van der Waals surface area (Å²) in [6.07, 6.45) is 0.290. The Bertz CT molecular complexity index is 772. The first kappa shape index (κ1) is 21.4. The highest BCUT2D eigenvalue weighted by molar-refractivity contribution is 5.78. The van der Waals surface area contributed by atoms with Crippen LogP contribution >= 0.6 is 0 Å². The highest BCUT2D eigenvalue weighted by Gasteiger charge is 2.25. The van der Waals surface area contributed by atoms with Gasteiger partial charge in [-0.25, -0.2) is 4.39 Å². The van der Waals surface area contributed by atoms with E-state index in [1.54, 1.807) is 19.2 Å². The number of ether oxygens (including phenoxy) is 2. The Labute approximate surface area is 172 Å². The molecule has 6 heteroatoms. The Hall–Kier alpha value is -2.28. The topological polar surface area (TPSA) is 42.0 Å². The first-order valence-electron chi connectivity index (χ1n) is 10.0. The Balaban J connectivity index is 1.58. The van der Waals surface area contributed by atoms with Crippen molar-refractivity contribution in [1.82, 2.24) is 9.80 Å². The van der Waals surface area contributed by atoms with Gasteiger partial charge in [-0.1, -0.05) is 42.5 Å². The lowest BCUT2D eigenvalue weighted by molar-refractivity contribution is -0.134. The maximum Gasteiger partial charge on any atom is 0.227 e. The monoisotopic (exact) mass is 400 g/mol. The minimum atomic E-state index is -0.218. The van der Waals surface area contributed by atoms with Gasteiger partial charge in [0.15, 0.2) is 0 Å². The molecule has 0 spiro atoms. The van der Waals surface area contributed by atoms with Gasteiger partial charge >= 0.3 is 0 Å². The lowest BCUT2D eigenvalue weighted by atomic mass is 10.1. The smallest absolute Gasteiger partial charge is 0.227 e. The van der Waals surface area contributed by atoms with Gasteiger partial charge < -0.3 is 14.4 Å². The quantitative estimate of drug-likeness (QED) is 0.649. The first-order valence-corrected chi connectivity index (χ1v) is 10.0. The van der Waals surface area contributed by atoms with Crippen molar-refractivity contribution >= 4 is 5.91 Å². The molecule has 0 aromatic heterocycles. The average molecular weight is 400 g/mol. The van der Waals surface area contributed by atoms with E-state index < -0.39 is 0 Å². The molecule has 5 nitrogen and oxygen atoms in total. The molecule has 1 atom stereocenters. The number of hydrogen-bond donors (Lipinski definition) is 0. The summed E-state index contributed by atoms with van der Waals surface area (Å²) < 4.78 is 24.6. The van der Waals surface area contributed by atoms with Crippen LogP contribution in [0.25, 0.3) is 0 Å². The van der Waals surface area contributed by atoms with Crippen LogP contribution in [0.3, 0.4) is 0 Å². The molecule has 1 heterocycles. The largest absolute Gasteiger partial charge is 0.383 e. The maximum absolute atomic E-state index is 13.5. The van der Waals surface area contributed by atoms with Gasteiger partial charge in [0, 0.05) is 39.8 Å².